The number of halogens is 1. The van der Waals surface area contributed by atoms with Gasteiger partial charge in [-0.3, -0.25) is 13.9 Å². The van der Waals surface area contributed by atoms with Crippen molar-refractivity contribution in [3.05, 3.63) is 88.9 Å². The van der Waals surface area contributed by atoms with Gasteiger partial charge in [0.05, 0.1) is 17.7 Å². The molecule has 0 aliphatic carbocycles. The molecule has 0 bridgehead atoms. The summed E-state index contributed by atoms with van der Waals surface area (Å²) in [4.78, 5) is 28.7. The topological polar surface area (TPSA) is 96.0 Å². The summed E-state index contributed by atoms with van der Waals surface area (Å²) in [5.74, 6) is -0.151. The highest BCUT2D eigenvalue weighted by atomic mass is 35.5. The first-order valence-electron chi connectivity index (χ1n) is 13.2. The summed E-state index contributed by atoms with van der Waals surface area (Å²) in [6.07, 6.45) is 1.09. The smallest absolute Gasteiger partial charge is 0.264 e. The van der Waals surface area contributed by atoms with Crippen molar-refractivity contribution in [2.45, 2.75) is 51.1 Å². The van der Waals surface area contributed by atoms with Crippen LogP contribution >= 0.6 is 11.6 Å². The van der Waals surface area contributed by atoms with Crippen LogP contribution in [0.4, 0.5) is 5.69 Å². The van der Waals surface area contributed by atoms with Gasteiger partial charge < -0.3 is 15.0 Å². The Balaban J connectivity index is 2.07. The predicted molar refractivity (Wildman–Crippen MR) is 158 cm³/mol. The van der Waals surface area contributed by atoms with E-state index in [4.69, 9.17) is 16.3 Å². The first-order chi connectivity index (χ1) is 19.1. The Bertz CT molecular complexity index is 1400. The highest BCUT2D eigenvalue weighted by Crippen LogP contribution is 2.30. The lowest BCUT2D eigenvalue weighted by atomic mass is 10.1. The van der Waals surface area contributed by atoms with Crippen LogP contribution in [0, 0.1) is 6.92 Å². The second-order valence-corrected chi connectivity index (χ2v) is 11.6. The Kier molecular flexibility index (Phi) is 11.0. The molecule has 214 valence electrons. The van der Waals surface area contributed by atoms with Gasteiger partial charge in [0.2, 0.25) is 11.8 Å². The van der Waals surface area contributed by atoms with E-state index in [9.17, 15) is 18.0 Å². The number of amides is 2. The lowest BCUT2D eigenvalue weighted by molar-refractivity contribution is -0.140. The van der Waals surface area contributed by atoms with E-state index in [1.54, 1.807) is 56.5 Å². The van der Waals surface area contributed by atoms with Gasteiger partial charge in [-0.1, -0.05) is 61.8 Å². The van der Waals surface area contributed by atoms with Gasteiger partial charge >= 0.3 is 0 Å². The maximum Gasteiger partial charge on any atom is 0.264 e. The zero-order valence-corrected chi connectivity index (χ0v) is 24.8. The first-order valence-corrected chi connectivity index (χ1v) is 15.0. The van der Waals surface area contributed by atoms with Crippen LogP contribution in [-0.4, -0.2) is 51.4 Å². The largest absolute Gasteiger partial charge is 0.497 e. The summed E-state index contributed by atoms with van der Waals surface area (Å²) < 4.78 is 34.2. The standard InChI is InChI=1S/C30H36ClN3O5S/c1-5-18-32-30(36)27(6-2)33(20-23-13-16-25(39-4)17-14-23)29(35)21-34(28-19-24(31)15-12-22(28)3)40(37,38)26-10-8-7-9-11-26/h7-17,19,27H,5-6,18,20-21H2,1-4H3,(H,32,36). The molecule has 0 fully saturated rings. The molecule has 8 nitrogen and oxygen atoms in total. The number of hydrogen-bond donors (Lipinski definition) is 1. The summed E-state index contributed by atoms with van der Waals surface area (Å²) in [7, 11) is -2.60. The number of aryl methyl sites for hydroxylation is 1. The van der Waals surface area contributed by atoms with Gasteiger partial charge in [0, 0.05) is 18.1 Å². The fourth-order valence-electron chi connectivity index (χ4n) is 4.30. The number of anilines is 1. The molecule has 0 saturated heterocycles. The lowest BCUT2D eigenvalue weighted by Gasteiger charge is -2.33. The van der Waals surface area contributed by atoms with E-state index in [1.807, 2.05) is 26.0 Å². The van der Waals surface area contributed by atoms with Crippen molar-refractivity contribution in [3.8, 4) is 5.75 Å². The van der Waals surface area contributed by atoms with Crippen LogP contribution in [-0.2, 0) is 26.2 Å². The first kappa shape index (κ1) is 31.0. The van der Waals surface area contributed by atoms with Gasteiger partial charge in [0.25, 0.3) is 10.0 Å². The quantitative estimate of drug-likeness (QED) is 0.298. The number of nitrogens with zero attached hydrogens (tertiary/aromatic N) is 2. The average molecular weight is 586 g/mol. The third-order valence-electron chi connectivity index (χ3n) is 6.50. The van der Waals surface area contributed by atoms with Crippen molar-refractivity contribution in [3.63, 3.8) is 0 Å². The van der Waals surface area contributed by atoms with Gasteiger partial charge in [0.15, 0.2) is 0 Å². The molecule has 10 heteroatoms. The second-order valence-electron chi connectivity index (χ2n) is 9.34. The normalized spacial score (nSPS) is 11.9. The summed E-state index contributed by atoms with van der Waals surface area (Å²) in [6.45, 7) is 5.58. The molecule has 1 N–H and O–H groups in total. The molecule has 0 heterocycles. The van der Waals surface area contributed by atoms with Crippen molar-refractivity contribution in [1.29, 1.82) is 0 Å². The Morgan fingerprint density at radius 2 is 1.68 bits per heavy atom. The summed E-state index contributed by atoms with van der Waals surface area (Å²) in [5.41, 5.74) is 1.69. The molecule has 0 spiro atoms. The molecule has 3 aromatic carbocycles. The molecule has 0 radical (unpaired) electrons. The van der Waals surface area contributed by atoms with Crippen LogP contribution in [0.3, 0.4) is 0 Å². The second kappa shape index (κ2) is 14.2. The van der Waals surface area contributed by atoms with E-state index in [2.05, 4.69) is 5.32 Å². The van der Waals surface area contributed by atoms with E-state index < -0.39 is 28.5 Å². The van der Waals surface area contributed by atoms with E-state index in [0.717, 1.165) is 16.3 Å². The SMILES string of the molecule is CCCNC(=O)C(CC)N(Cc1ccc(OC)cc1)C(=O)CN(c1cc(Cl)ccc1C)S(=O)(=O)c1ccccc1. The molecule has 0 aliphatic heterocycles. The van der Waals surface area contributed by atoms with E-state index in [1.165, 1.54) is 23.1 Å². The molecular weight excluding hydrogens is 550 g/mol. The number of rotatable bonds is 13. The third-order valence-corrected chi connectivity index (χ3v) is 8.51. The molecule has 3 aromatic rings. The lowest BCUT2D eigenvalue weighted by Crippen LogP contribution is -2.52. The fraction of sp³-hybridized carbons (Fsp3) is 0.333. The zero-order chi connectivity index (χ0) is 29.3. The van der Waals surface area contributed by atoms with Gasteiger partial charge in [-0.25, -0.2) is 8.42 Å². The molecule has 40 heavy (non-hydrogen) atoms. The Morgan fingerprint density at radius 3 is 2.27 bits per heavy atom. The molecular formula is C30H36ClN3O5S. The monoisotopic (exact) mass is 585 g/mol. The number of sulfonamides is 1. The number of methoxy groups -OCH3 is 1. The van der Waals surface area contributed by atoms with Crippen LogP contribution in [0.25, 0.3) is 0 Å². The molecule has 0 aromatic heterocycles. The molecule has 2 amide bonds. The summed E-state index contributed by atoms with van der Waals surface area (Å²) in [6, 6.07) is 19.2. The van der Waals surface area contributed by atoms with Crippen molar-refractivity contribution < 1.29 is 22.7 Å². The number of carbonyl (C=O) groups is 2. The number of carbonyl (C=O) groups excluding carboxylic acids is 2. The Morgan fingerprint density at radius 1 is 1.00 bits per heavy atom. The van der Waals surface area contributed by atoms with Gasteiger partial charge in [-0.15, -0.1) is 0 Å². The number of benzene rings is 3. The van der Waals surface area contributed by atoms with Crippen LogP contribution < -0.4 is 14.4 Å². The average Bonchev–Trinajstić information content (AvgIpc) is 2.96. The number of hydrogen-bond acceptors (Lipinski definition) is 5. The highest BCUT2D eigenvalue weighted by Gasteiger charge is 2.34. The van der Waals surface area contributed by atoms with Gasteiger partial charge in [-0.05, 0) is 67.3 Å². The molecule has 1 atom stereocenters. The predicted octanol–water partition coefficient (Wildman–Crippen LogP) is 5.19. The van der Waals surface area contributed by atoms with Crippen LogP contribution in [0.15, 0.2) is 77.7 Å². The van der Waals surface area contributed by atoms with Crippen molar-refractivity contribution in [2.75, 3.05) is 24.5 Å². The van der Waals surface area contributed by atoms with Crippen LogP contribution in [0.2, 0.25) is 5.02 Å². The van der Waals surface area contributed by atoms with Crippen LogP contribution in [0.1, 0.15) is 37.8 Å². The minimum atomic E-state index is -4.16. The van der Waals surface area contributed by atoms with Gasteiger partial charge in [0.1, 0.15) is 18.3 Å². The number of nitrogens with one attached hydrogen (secondary N) is 1. The minimum Gasteiger partial charge on any atom is -0.497 e. The maximum atomic E-state index is 14.1. The van der Waals surface area contributed by atoms with E-state index in [0.29, 0.717) is 29.3 Å². The van der Waals surface area contributed by atoms with Crippen molar-refractivity contribution >= 4 is 39.1 Å². The third kappa shape index (κ3) is 7.55. The molecule has 1 unspecified atom stereocenters. The molecule has 3 rings (SSSR count). The number of ether oxygens (including phenoxy) is 1. The van der Waals surface area contributed by atoms with Crippen LogP contribution in [0.5, 0.6) is 5.75 Å². The Hall–Kier alpha value is -3.56. The molecule has 0 aliphatic rings. The van der Waals surface area contributed by atoms with Crippen molar-refractivity contribution in [2.24, 2.45) is 0 Å². The van der Waals surface area contributed by atoms with Crippen molar-refractivity contribution in [1.82, 2.24) is 10.2 Å². The fourth-order valence-corrected chi connectivity index (χ4v) is 5.96. The molecule has 0 saturated carbocycles. The summed E-state index contributed by atoms with van der Waals surface area (Å²) in [5, 5.41) is 3.21. The maximum absolute atomic E-state index is 14.1. The minimum absolute atomic E-state index is 0.0385. The zero-order valence-electron chi connectivity index (χ0n) is 23.3. The Labute approximate surface area is 241 Å². The van der Waals surface area contributed by atoms with E-state index in [-0.39, 0.29) is 23.0 Å². The van der Waals surface area contributed by atoms with E-state index >= 15 is 0 Å². The summed E-state index contributed by atoms with van der Waals surface area (Å²) >= 11 is 6.27. The van der Waals surface area contributed by atoms with Gasteiger partial charge in [-0.2, -0.15) is 0 Å². The highest BCUT2D eigenvalue weighted by molar-refractivity contribution is 7.92.